The van der Waals surface area contributed by atoms with Gasteiger partial charge in [-0.1, -0.05) is 17.8 Å². The summed E-state index contributed by atoms with van der Waals surface area (Å²) in [6.07, 6.45) is 2.83. The Morgan fingerprint density at radius 1 is 1.14 bits per heavy atom. The van der Waals surface area contributed by atoms with Crippen molar-refractivity contribution in [2.24, 2.45) is 0 Å². The number of nitrogens with zero attached hydrogens (tertiary/aromatic N) is 4. The van der Waals surface area contributed by atoms with Crippen LogP contribution in [0.25, 0.3) is 11.5 Å². The number of nitrogens with one attached hydrogen (secondary N) is 1. The Labute approximate surface area is 167 Å². The second-order valence-corrected chi connectivity index (χ2v) is 8.86. The van der Waals surface area contributed by atoms with Crippen molar-refractivity contribution in [3.8, 4) is 11.5 Å². The highest BCUT2D eigenvalue weighted by atomic mass is 32.2. The van der Waals surface area contributed by atoms with Crippen molar-refractivity contribution in [1.82, 2.24) is 19.7 Å². The minimum absolute atomic E-state index is 0.147. The smallest absolute Gasteiger partial charge is 0.234 e. The molecule has 8 nitrogen and oxygen atoms in total. The van der Waals surface area contributed by atoms with Crippen LogP contribution in [0.5, 0.6) is 0 Å². The topological polar surface area (TPSA) is 107 Å². The molecule has 0 aliphatic heterocycles. The minimum atomic E-state index is -3.26. The molecule has 0 saturated carbocycles. The molecular weight excluding hydrogens is 398 g/mol. The van der Waals surface area contributed by atoms with Crippen LogP contribution in [0.2, 0.25) is 0 Å². The first-order valence-corrected chi connectivity index (χ1v) is 11.3. The summed E-state index contributed by atoms with van der Waals surface area (Å²) in [5, 5.41) is 11.7. The largest absolute Gasteiger partial charge is 0.325 e. The van der Waals surface area contributed by atoms with Crippen molar-refractivity contribution in [2.45, 2.75) is 23.5 Å². The summed E-state index contributed by atoms with van der Waals surface area (Å²) in [4.78, 5) is 16.7. The Balaban J connectivity index is 1.64. The van der Waals surface area contributed by atoms with Crippen LogP contribution in [-0.4, -0.2) is 46.1 Å². The summed E-state index contributed by atoms with van der Waals surface area (Å²) in [5.74, 6) is 0.582. The van der Waals surface area contributed by atoms with Crippen molar-refractivity contribution in [2.75, 3.05) is 17.3 Å². The molecule has 2 heterocycles. The van der Waals surface area contributed by atoms with Gasteiger partial charge in [0.15, 0.2) is 20.8 Å². The highest BCUT2D eigenvalue weighted by molar-refractivity contribution is 7.99. The predicted octanol–water partition coefficient (Wildman–Crippen LogP) is 2.49. The maximum atomic E-state index is 12.2. The summed E-state index contributed by atoms with van der Waals surface area (Å²) in [6, 6.07) is 11.6. The van der Waals surface area contributed by atoms with E-state index in [2.05, 4.69) is 20.5 Å². The van der Waals surface area contributed by atoms with E-state index in [4.69, 9.17) is 0 Å². The lowest BCUT2D eigenvalue weighted by Crippen LogP contribution is -2.14. The molecule has 0 saturated heterocycles. The van der Waals surface area contributed by atoms with Gasteiger partial charge in [0, 0.05) is 24.7 Å². The molecule has 3 rings (SSSR count). The van der Waals surface area contributed by atoms with Gasteiger partial charge in [0.2, 0.25) is 5.91 Å². The number of anilines is 1. The molecule has 0 aliphatic rings. The number of hydrogen-bond acceptors (Lipinski definition) is 7. The Bertz CT molecular complexity index is 1060. The van der Waals surface area contributed by atoms with Gasteiger partial charge in [-0.15, -0.1) is 10.2 Å². The second-order valence-electron chi connectivity index (χ2n) is 5.90. The number of amides is 1. The fraction of sp³-hybridized carbons (Fsp3) is 0.222. The lowest BCUT2D eigenvalue weighted by molar-refractivity contribution is -0.113. The van der Waals surface area contributed by atoms with Gasteiger partial charge in [0.05, 0.1) is 10.6 Å². The van der Waals surface area contributed by atoms with E-state index in [1.807, 2.05) is 29.7 Å². The van der Waals surface area contributed by atoms with Crippen LogP contribution >= 0.6 is 11.8 Å². The maximum Gasteiger partial charge on any atom is 0.234 e. The molecule has 1 N–H and O–H groups in total. The average Bonchev–Trinajstić information content (AvgIpc) is 3.10. The normalized spacial score (nSPS) is 11.4. The van der Waals surface area contributed by atoms with Crippen LogP contribution in [0.15, 0.2) is 58.7 Å². The highest BCUT2D eigenvalue weighted by Gasteiger charge is 2.15. The standard InChI is InChI=1S/C18H19N5O3S2/c1-3-23-17(15-6-4-5-11-19-15)21-22-18(23)27-12-16(24)20-13-7-9-14(10-8-13)28(2,25)26/h4-11H,3,12H2,1-2H3,(H,20,24). The first-order chi connectivity index (χ1) is 13.4. The fourth-order valence-electron chi connectivity index (χ4n) is 2.48. The van der Waals surface area contributed by atoms with Gasteiger partial charge >= 0.3 is 0 Å². The summed E-state index contributed by atoms with van der Waals surface area (Å²) in [6.45, 7) is 2.62. The summed E-state index contributed by atoms with van der Waals surface area (Å²) in [5.41, 5.74) is 1.25. The minimum Gasteiger partial charge on any atom is -0.325 e. The predicted molar refractivity (Wildman–Crippen MR) is 108 cm³/mol. The van der Waals surface area contributed by atoms with E-state index in [0.717, 1.165) is 11.9 Å². The lowest BCUT2D eigenvalue weighted by Gasteiger charge is -2.08. The van der Waals surface area contributed by atoms with E-state index in [1.54, 1.807) is 18.3 Å². The number of thioether (sulfide) groups is 1. The average molecular weight is 418 g/mol. The van der Waals surface area contributed by atoms with Crippen LogP contribution in [0.1, 0.15) is 6.92 Å². The molecule has 0 unspecified atom stereocenters. The lowest BCUT2D eigenvalue weighted by atomic mass is 10.3. The number of hydrogen-bond donors (Lipinski definition) is 1. The molecule has 1 amide bonds. The molecule has 10 heteroatoms. The van der Waals surface area contributed by atoms with Gasteiger partial charge in [-0.2, -0.15) is 0 Å². The fourth-order valence-corrected chi connectivity index (χ4v) is 3.91. The third-order valence-electron chi connectivity index (χ3n) is 3.83. The molecule has 28 heavy (non-hydrogen) atoms. The molecule has 0 fully saturated rings. The van der Waals surface area contributed by atoms with Gasteiger partial charge in [0.1, 0.15) is 5.69 Å². The Hall–Kier alpha value is -2.72. The molecular formula is C18H19N5O3S2. The number of carbonyl (C=O) groups is 1. The van der Waals surface area contributed by atoms with Crippen molar-refractivity contribution < 1.29 is 13.2 Å². The summed E-state index contributed by atoms with van der Waals surface area (Å²) in [7, 11) is -3.26. The van der Waals surface area contributed by atoms with E-state index in [9.17, 15) is 13.2 Å². The van der Waals surface area contributed by atoms with Gasteiger partial charge in [-0.25, -0.2) is 8.42 Å². The molecule has 1 aromatic carbocycles. The van der Waals surface area contributed by atoms with Crippen molar-refractivity contribution in [1.29, 1.82) is 0 Å². The molecule has 0 atom stereocenters. The van der Waals surface area contributed by atoms with Gasteiger partial charge in [0.25, 0.3) is 0 Å². The Morgan fingerprint density at radius 2 is 1.89 bits per heavy atom. The monoisotopic (exact) mass is 417 g/mol. The van der Waals surface area contributed by atoms with Crippen molar-refractivity contribution >= 4 is 33.2 Å². The molecule has 0 bridgehead atoms. The number of benzene rings is 1. The van der Waals surface area contributed by atoms with E-state index >= 15 is 0 Å². The number of aromatic nitrogens is 4. The van der Waals surface area contributed by atoms with Gasteiger partial charge < -0.3 is 9.88 Å². The molecule has 3 aromatic rings. The number of sulfone groups is 1. The first kappa shape index (κ1) is 20.0. The zero-order chi connectivity index (χ0) is 20.1. The van der Waals surface area contributed by atoms with E-state index in [0.29, 0.717) is 23.2 Å². The third-order valence-corrected chi connectivity index (χ3v) is 5.92. The van der Waals surface area contributed by atoms with Gasteiger partial charge in [-0.05, 0) is 43.3 Å². The van der Waals surface area contributed by atoms with Crippen LogP contribution in [0, 0.1) is 0 Å². The van der Waals surface area contributed by atoms with E-state index in [1.165, 1.54) is 23.9 Å². The Kier molecular flexibility index (Phi) is 6.10. The quantitative estimate of drug-likeness (QED) is 0.589. The zero-order valence-electron chi connectivity index (χ0n) is 15.4. The van der Waals surface area contributed by atoms with Crippen LogP contribution < -0.4 is 5.32 Å². The Morgan fingerprint density at radius 3 is 2.50 bits per heavy atom. The van der Waals surface area contributed by atoms with Crippen LogP contribution in [-0.2, 0) is 21.2 Å². The van der Waals surface area contributed by atoms with E-state index < -0.39 is 9.84 Å². The van der Waals surface area contributed by atoms with E-state index in [-0.39, 0.29) is 16.6 Å². The third kappa shape index (κ3) is 4.76. The molecule has 2 aromatic heterocycles. The molecule has 0 spiro atoms. The number of carbonyl (C=O) groups excluding carboxylic acids is 1. The molecule has 0 radical (unpaired) electrons. The second kappa shape index (κ2) is 8.53. The first-order valence-electron chi connectivity index (χ1n) is 8.46. The maximum absolute atomic E-state index is 12.2. The SMILES string of the molecule is CCn1c(SCC(=O)Nc2ccc(S(C)(=O)=O)cc2)nnc1-c1ccccn1. The number of rotatable bonds is 7. The summed E-state index contributed by atoms with van der Waals surface area (Å²) < 4.78 is 24.9. The van der Waals surface area contributed by atoms with Crippen LogP contribution in [0.4, 0.5) is 5.69 Å². The zero-order valence-corrected chi connectivity index (χ0v) is 17.0. The molecule has 0 aliphatic carbocycles. The van der Waals surface area contributed by atoms with Gasteiger partial charge in [-0.3, -0.25) is 9.78 Å². The number of pyridine rings is 1. The van der Waals surface area contributed by atoms with Crippen molar-refractivity contribution in [3.05, 3.63) is 48.7 Å². The van der Waals surface area contributed by atoms with Crippen LogP contribution in [0.3, 0.4) is 0 Å². The summed E-state index contributed by atoms with van der Waals surface area (Å²) >= 11 is 1.28. The molecule has 146 valence electrons. The highest BCUT2D eigenvalue weighted by Crippen LogP contribution is 2.23. The van der Waals surface area contributed by atoms with Crippen molar-refractivity contribution in [3.63, 3.8) is 0 Å².